The van der Waals surface area contributed by atoms with E-state index in [4.69, 9.17) is 9.40 Å². The highest BCUT2D eigenvalue weighted by Gasteiger charge is 2.20. The molecular weight excluding hydrogens is 356 g/mol. The topological polar surface area (TPSA) is 55.1 Å². The van der Waals surface area contributed by atoms with Gasteiger partial charge in [-0.25, -0.2) is 15.0 Å². The Kier molecular flexibility index (Phi) is 4.27. The van der Waals surface area contributed by atoms with Crippen molar-refractivity contribution in [3.8, 4) is 22.2 Å². The molecule has 6 heteroatoms. The number of hydrogen-bond donors (Lipinski definition) is 0. The summed E-state index contributed by atoms with van der Waals surface area (Å²) in [5.74, 6) is 1.39. The van der Waals surface area contributed by atoms with Crippen LogP contribution in [0.5, 0.6) is 0 Å². The molecule has 27 heavy (non-hydrogen) atoms. The van der Waals surface area contributed by atoms with E-state index in [-0.39, 0.29) is 0 Å². The van der Waals surface area contributed by atoms with E-state index >= 15 is 0 Å². The molecule has 0 aliphatic carbocycles. The predicted octanol–water partition coefficient (Wildman–Crippen LogP) is 4.42. The summed E-state index contributed by atoms with van der Waals surface area (Å²) in [6.07, 6.45) is 6.52. The molecule has 0 unspecified atom stereocenters. The Hall–Kier alpha value is -2.83. The van der Waals surface area contributed by atoms with Crippen LogP contribution in [0.4, 0.5) is 0 Å². The van der Waals surface area contributed by atoms with Gasteiger partial charge in [0.25, 0.3) is 0 Å². The molecule has 0 amide bonds. The maximum absolute atomic E-state index is 5.41. The number of hydrogen-bond acceptors (Lipinski definition) is 6. The highest BCUT2D eigenvalue weighted by molar-refractivity contribution is 7.15. The molecule has 0 radical (unpaired) electrons. The molecule has 0 fully saturated rings. The predicted molar refractivity (Wildman–Crippen MR) is 105 cm³/mol. The van der Waals surface area contributed by atoms with Crippen molar-refractivity contribution in [3.63, 3.8) is 0 Å². The van der Waals surface area contributed by atoms with Crippen molar-refractivity contribution in [1.29, 1.82) is 0 Å². The molecule has 134 valence electrons. The normalized spacial score (nSPS) is 14.2. The van der Waals surface area contributed by atoms with Crippen LogP contribution in [0.1, 0.15) is 16.1 Å². The number of aromatic nitrogens is 3. The lowest BCUT2D eigenvalue weighted by molar-refractivity contribution is 0.245. The summed E-state index contributed by atoms with van der Waals surface area (Å²) >= 11 is 1.77. The first-order chi connectivity index (χ1) is 13.3. The first kappa shape index (κ1) is 16.4. The van der Waals surface area contributed by atoms with Crippen LogP contribution in [0, 0.1) is 0 Å². The molecule has 1 aliphatic heterocycles. The van der Waals surface area contributed by atoms with Gasteiger partial charge < -0.3 is 4.42 Å². The maximum atomic E-state index is 5.41. The zero-order valence-corrected chi connectivity index (χ0v) is 15.5. The van der Waals surface area contributed by atoms with Gasteiger partial charge in [0.15, 0.2) is 11.6 Å². The molecule has 1 aliphatic rings. The zero-order chi connectivity index (χ0) is 18.1. The monoisotopic (exact) mass is 374 g/mol. The standard InChI is InChI=1S/C21H18N4OS/c1-2-5-15(6-3-1)21-23-12-17(27-21)14-25-9-8-18-16(13-25)11-22-20(24-18)19-7-4-10-26-19/h1-7,10-12H,8-9,13-14H2. The van der Waals surface area contributed by atoms with Gasteiger partial charge in [0.1, 0.15) is 5.01 Å². The van der Waals surface area contributed by atoms with Gasteiger partial charge in [0.2, 0.25) is 0 Å². The number of rotatable bonds is 4. The van der Waals surface area contributed by atoms with E-state index in [1.165, 1.54) is 16.0 Å². The van der Waals surface area contributed by atoms with E-state index in [2.05, 4.69) is 39.1 Å². The molecule has 0 atom stereocenters. The lowest BCUT2D eigenvalue weighted by Gasteiger charge is -2.27. The van der Waals surface area contributed by atoms with Crippen molar-refractivity contribution in [1.82, 2.24) is 19.9 Å². The Labute approximate surface area is 161 Å². The largest absolute Gasteiger partial charge is 0.461 e. The van der Waals surface area contributed by atoms with Crippen molar-refractivity contribution in [2.24, 2.45) is 0 Å². The highest BCUT2D eigenvalue weighted by atomic mass is 32.1. The molecule has 4 aromatic rings. The highest BCUT2D eigenvalue weighted by Crippen LogP contribution is 2.27. The Balaban J connectivity index is 1.30. The fourth-order valence-corrected chi connectivity index (χ4v) is 4.31. The van der Waals surface area contributed by atoms with Crippen molar-refractivity contribution < 1.29 is 4.42 Å². The third-order valence-corrected chi connectivity index (χ3v) is 5.74. The second-order valence-electron chi connectivity index (χ2n) is 6.60. The molecule has 0 saturated carbocycles. The van der Waals surface area contributed by atoms with Gasteiger partial charge in [-0.2, -0.15) is 0 Å². The Bertz CT molecular complexity index is 1040. The molecule has 0 spiro atoms. The van der Waals surface area contributed by atoms with Crippen molar-refractivity contribution in [2.75, 3.05) is 6.54 Å². The van der Waals surface area contributed by atoms with Crippen LogP contribution in [-0.4, -0.2) is 26.4 Å². The van der Waals surface area contributed by atoms with Crippen LogP contribution < -0.4 is 0 Å². The number of thiazole rings is 1. The van der Waals surface area contributed by atoms with E-state index < -0.39 is 0 Å². The molecule has 4 heterocycles. The third kappa shape index (κ3) is 3.41. The van der Waals surface area contributed by atoms with E-state index in [1.54, 1.807) is 17.6 Å². The van der Waals surface area contributed by atoms with Gasteiger partial charge in [0.05, 0.1) is 12.0 Å². The summed E-state index contributed by atoms with van der Waals surface area (Å²) in [4.78, 5) is 17.5. The summed E-state index contributed by atoms with van der Waals surface area (Å²) in [6.45, 7) is 2.76. The molecule has 5 nitrogen and oxygen atoms in total. The number of fused-ring (bicyclic) bond motifs is 1. The second-order valence-corrected chi connectivity index (χ2v) is 7.72. The Morgan fingerprint density at radius 2 is 1.96 bits per heavy atom. The van der Waals surface area contributed by atoms with Crippen LogP contribution in [0.25, 0.3) is 22.2 Å². The van der Waals surface area contributed by atoms with Crippen LogP contribution in [0.2, 0.25) is 0 Å². The van der Waals surface area contributed by atoms with Gasteiger partial charge in [-0.15, -0.1) is 11.3 Å². The lowest BCUT2D eigenvalue weighted by atomic mass is 10.1. The van der Waals surface area contributed by atoms with Gasteiger partial charge in [-0.1, -0.05) is 30.3 Å². The van der Waals surface area contributed by atoms with Gasteiger partial charge in [-0.3, -0.25) is 4.90 Å². The summed E-state index contributed by atoms with van der Waals surface area (Å²) in [7, 11) is 0. The molecular formula is C21H18N4OS. The third-order valence-electron chi connectivity index (χ3n) is 4.71. The minimum absolute atomic E-state index is 0.669. The van der Waals surface area contributed by atoms with Crippen molar-refractivity contribution in [2.45, 2.75) is 19.5 Å². The molecule has 1 aromatic carbocycles. The van der Waals surface area contributed by atoms with Crippen LogP contribution in [0.15, 0.2) is 65.5 Å². The molecule has 5 rings (SSSR count). The van der Waals surface area contributed by atoms with Crippen molar-refractivity contribution >= 4 is 11.3 Å². The van der Waals surface area contributed by atoms with Gasteiger partial charge in [0, 0.05) is 54.5 Å². The fourth-order valence-electron chi connectivity index (χ4n) is 3.35. The molecule has 0 bridgehead atoms. The minimum atomic E-state index is 0.669. The second kappa shape index (κ2) is 7.06. The van der Waals surface area contributed by atoms with Crippen LogP contribution >= 0.6 is 11.3 Å². The molecule has 3 aromatic heterocycles. The Morgan fingerprint density at radius 3 is 2.81 bits per heavy atom. The quantitative estimate of drug-likeness (QED) is 0.529. The summed E-state index contributed by atoms with van der Waals surface area (Å²) < 4.78 is 5.41. The number of benzene rings is 1. The Morgan fingerprint density at radius 1 is 1.04 bits per heavy atom. The molecule has 0 N–H and O–H groups in total. The lowest BCUT2D eigenvalue weighted by Crippen LogP contribution is -2.30. The first-order valence-electron chi connectivity index (χ1n) is 8.96. The first-order valence-corrected chi connectivity index (χ1v) is 9.78. The van der Waals surface area contributed by atoms with E-state index in [1.807, 2.05) is 30.6 Å². The van der Waals surface area contributed by atoms with Crippen LogP contribution in [0.3, 0.4) is 0 Å². The number of furan rings is 1. The SMILES string of the molecule is c1ccc(-c2ncc(CN3CCc4nc(-c5ccco5)ncc4C3)s2)cc1. The summed E-state index contributed by atoms with van der Waals surface area (Å²) in [5.41, 5.74) is 3.50. The van der Waals surface area contributed by atoms with E-state index in [0.717, 1.165) is 42.5 Å². The average Bonchev–Trinajstić information content (AvgIpc) is 3.41. The number of nitrogens with zero attached hydrogens (tertiary/aromatic N) is 4. The minimum Gasteiger partial charge on any atom is -0.461 e. The summed E-state index contributed by atoms with van der Waals surface area (Å²) in [6, 6.07) is 14.1. The molecule has 0 saturated heterocycles. The van der Waals surface area contributed by atoms with Crippen molar-refractivity contribution in [3.05, 3.63) is 77.3 Å². The van der Waals surface area contributed by atoms with E-state index in [9.17, 15) is 0 Å². The average molecular weight is 374 g/mol. The zero-order valence-electron chi connectivity index (χ0n) is 14.7. The fraction of sp³-hybridized carbons (Fsp3) is 0.190. The smallest absolute Gasteiger partial charge is 0.195 e. The van der Waals surface area contributed by atoms with Gasteiger partial charge in [-0.05, 0) is 12.1 Å². The van der Waals surface area contributed by atoms with E-state index in [0.29, 0.717) is 5.82 Å². The maximum Gasteiger partial charge on any atom is 0.195 e. The summed E-state index contributed by atoms with van der Waals surface area (Å²) in [5, 5.41) is 1.08. The van der Waals surface area contributed by atoms with Gasteiger partial charge >= 0.3 is 0 Å². The van der Waals surface area contributed by atoms with Crippen LogP contribution in [-0.2, 0) is 19.5 Å².